The fraction of sp³-hybridized carbons (Fsp3) is 0.667. The highest BCUT2D eigenvalue weighted by molar-refractivity contribution is 6.42. The van der Waals surface area contributed by atoms with Gasteiger partial charge in [-0.05, 0) is 55.7 Å². The Morgan fingerprint density at radius 2 is 1.57 bits per heavy atom. The van der Waals surface area contributed by atoms with Crippen LogP contribution >= 0.6 is 0 Å². The van der Waals surface area contributed by atoms with Crippen molar-refractivity contribution in [3.05, 3.63) is 35.4 Å². The van der Waals surface area contributed by atoms with E-state index >= 15 is 0 Å². The number of piperidine rings is 1. The molecule has 1 aromatic carbocycles. The molecule has 0 bridgehead atoms. The van der Waals surface area contributed by atoms with E-state index in [2.05, 4.69) is 25.7 Å². The van der Waals surface area contributed by atoms with E-state index in [9.17, 15) is 9.59 Å². The molecule has 0 saturated carbocycles. The van der Waals surface area contributed by atoms with Gasteiger partial charge in [0.05, 0.1) is 0 Å². The number of carbonyl (C=O) groups is 2. The third kappa shape index (κ3) is 5.44. The molecule has 3 rings (SSSR count). The Morgan fingerprint density at radius 1 is 0.929 bits per heavy atom. The Labute approximate surface area is 170 Å². The molecule has 0 aliphatic carbocycles. The van der Waals surface area contributed by atoms with Crippen LogP contribution in [0.4, 0.5) is 0 Å². The molecule has 4 heteroatoms. The van der Waals surface area contributed by atoms with Gasteiger partial charge in [0.2, 0.25) is 5.78 Å². The minimum absolute atomic E-state index is 0.0407. The number of rotatable bonds is 4. The summed E-state index contributed by atoms with van der Waals surface area (Å²) >= 11 is 0. The number of benzene rings is 1. The van der Waals surface area contributed by atoms with Crippen LogP contribution in [-0.2, 0) is 10.2 Å². The van der Waals surface area contributed by atoms with E-state index in [-0.39, 0.29) is 17.1 Å². The second kappa shape index (κ2) is 9.21. The first-order valence-corrected chi connectivity index (χ1v) is 11.0. The van der Waals surface area contributed by atoms with Gasteiger partial charge in [0.1, 0.15) is 0 Å². The molecule has 2 aliphatic rings. The number of nitrogens with zero attached hydrogens (tertiary/aromatic N) is 2. The minimum Gasteiger partial charge on any atom is -0.335 e. The van der Waals surface area contributed by atoms with Gasteiger partial charge >= 0.3 is 0 Å². The molecule has 2 fully saturated rings. The van der Waals surface area contributed by atoms with E-state index in [1.807, 2.05) is 12.1 Å². The lowest BCUT2D eigenvalue weighted by molar-refractivity contribution is -0.128. The topological polar surface area (TPSA) is 40.6 Å². The van der Waals surface area contributed by atoms with Crippen LogP contribution in [0.5, 0.6) is 0 Å². The minimum atomic E-state index is -0.365. The van der Waals surface area contributed by atoms with Gasteiger partial charge in [-0.1, -0.05) is 57.9 Å². The molecule has 0 radical (unpaired) electrons. The smallest absolute Gasteiger partial charge is 0.294 e. The fourth-order valence-corrected chi connectivity index (χ4v) is 4.47. The maximum Gasteiger partial charge on any atom is 0.294 e. The monoisotopic (exact) mass is 384 g/mol. The van der Waals surface area contributed by atoms with Crippen molar-refractivity contribution in [2.75, 3.05) is 32.7 Å². The van der Waals surface area contributed by atoms with Crippen molar-refractivity contribution in [2.24, 2.45) is 5.92 Å². The van der Waals surface area contributed by atoms with E-state index in [0.29, 0.717) is 18.0 Å². The Morgan fingerprint density at radius 3 is 2.18 bits per heavy atom. The van der Waals surface area contributed by atoms with Crippen LogP contribution < -0.4 is 0 Å². The summed E-state index contributed by atoms with van der Waals surface area (Å²) in [6, 6.07) is 7.55. The molecule has 0 aromatic heterocycles. The molecular formula is C24H36N2O2. The summed E-state index contributed by atoms with van der Waals surface area (Å²) in [6.07, 6.45) is 7.43. The molecule has 1 unspecified atom stereocenters. The highest BCUT2D eigenvalue weighted by Crippen LogP contribution is 2.23. The van der Waals surface area contributed by atoms with Crippen molar-refractivity contribution in [1.82, 2.24) is 9.80 Å². The highest BCUT2D eigenvalue weighted by atomic mass is 16.2. The molecule has 0 N–H and O–H groups in total. The van der Waals surface area contributed by atoms with Crippen LogP contribution in [0, 0.1) is 5.92 Å². The van der Waals surface area contributed by atoms with E-state index in [4.69, 9.17) is 0 Å². The largest absolute Gasteiger partial charge is 0.335 e. The SMILES string of the molecule is CC(C)(C)c1ccc(C(=O)C(=O)N2CCCC(CN3CCCCCC3)C2)cc1. The first-order valence-electron chi connectivity index (χ1n) is 11.0. The Balaban J connectivity index is 1.59. The first kappa shape index (κ1) is 21.0. The summed E-state index contributed by atoms with van der Waals surface area (Å²) in [5.41, 5.74) is 1.72. The van der Waals surface area contributed by atoms with E-state index in [1.54, 1.807) is 17.0 Å². The molecule has 2 heterocycles. The molecule has 1 amide bonds. The summed E-state index contributed by atoms with van der Waals surface area (Å²) in [5, 5.41) is 0. The first-order chi connectivity index (χ1) is 13.3. The van der Waals surface area contributed by atoms with Gasteiger partial charge in [0.25, 0.3) is 5.91 Å². The molecule has 28 heavy (non-hydrogen) atoms. The van der Waals surface area contributed by atoms with E-state index in [0.717, 1.165) is 25.9 Å². The van der Waals surface area contributed by atoms with Crippen LogP contribution in [-0.4, -0.2) is 54.2 Å². The summed E-state index contributed by atoms with van der Waals surface area (Å²) in [7, 11) is 0. The van der Waals surface area contributed by atoms with E-state index in [1.165, 1.54) is 44.3 Å². The van der Waals surface area contributed by atoms with Crippen LogP contribution in [0.2, 0.25) is 0 Å². The Kier molecular flexibility index (Phi) is 6.92. The number of ketones is 1. The number of Topliss-reactive ketones (excluding diaryl/α,β-unsaturated/α-hetero) is 1. The number of likely N-dealkylation sites (tertiary alicyclic amines) is 2. The lowest BCUT2D eigenvalue weighted by Crippen LogP contribution is -2.46. The average molecular weight is 385 g/mol. The zero-order chi connectivity index (χ0) is 20.1. The van der Waals surface area contributed by atoms with Gasteiger partial charge in [0, 0.05) is 25.2 Å². The molecule has 2 aliphatic heterocycles. The summed E-state index contributed by atoms with van der Waals surface area (Å²) < 4.78 is 0. The zero-order valence-corrected chi connectivity index (χ0v) is 17.9. The second-order valence-electron chi connectivity index (χ2n) is 9.63. The zero-order valence-electron chi connectivity index (χ0n) is 17.9. The van der Waals surface area contributed by atoms with Crippen molar-refractivity contribution < 1.29 is 9.59 Å². The lowest BCUT2D eigenvalue weighted by Gasteiger charge is -2.35. The van der Waals surface area contributed by atoms with Crippen LogP contribution in [0.1, 0.15) is 75.2 Å². The van der Waals surface area contributed by atoms with Crippen molar-refractivity contribution in [3.63, 3.8) is 0 Å². The number of carbonyl (C=O) groups excluding carboxylic acids is 2. The molecule has 0 spiro atoms. The highest BCUT2D eigenvalue weighted by Gasteiger charge is 2.29. The predicted molar refractivity (Wildman–Crippen MR) is 114 cm³/mol. The standard InChI is InChI=1S/C24H36N2O2/c1-24(2,3)21-12-10-20(11-13-21)22(27)23(28)26-16-8-9-19(18-26)17-25-14-6-4-5-7-15-25/h10-13,19H,4-9,14-18H2,1-3H3. The molecule has 1 aromatic rings. The van der Waals surface area contributed by atoms with Crippen LogP contribution in [0.15, 0.2) is 24.3 Å². The quantitative estimate of drug-likeness (QED) is 0.575. The third-order valence-corrected chi connectivity index (χ3v) is 6.23. The van der Waals surface area contributed by atoms with E-state index < -0.39 is 0 Å². The predicted octanol–water partition coefficient (Wildman–Crippen LogP) is 4.28. The molecule has 4 nitrogen and oxygen atoms in total. The number of hydrogen-bond acceptors (Lipinski definition) is 3. The maximum atomic E-state index is 12.8. The second-order valence-corrected chi connectivity index (χ2v) is 9.63. The van der Waals surface area contributed by atoms with Crippen LogP contribution in [0.25, 0.3) is 0 Å². The molecule has 1 atom stereocenters. The normalized spacial score (nSPS) is 22.0. The van der Waals surface area contributed by atoms with Crippen molar-refractivity contribution in [1.29, 1.82) is 0 Å². The average Bonchev–Trinajstić information content (AvgIpc) is 2.95. The van der Waals surface area contributed by atoms with Gasteiger partial charge in [-0.2, -0.15) is 0 Å². The van der Waals surface area contributed by atoms with Gasteiger partial charge in [0.15, 0.2) is 0 Å². The Hall–Kier alpha value is -1.68. The van der Waals surface area contributed by atoms with Gasteiger partial charge in [-0.3, -0.25) is 9.59 Å². The molecule has 154 valence electrons. The molecular weight excluding hydrogens is 348 g/mol. The lowest BCUT2D eigenvalue weighted by atomic mass is 9.86. The van der Waals surface area contributed by atoms with Crippen molar-refractivity contribution in [2.45, 2.75) is 64.7 Å². The van der Waals surface area contributed by atoms with Gasteiger partial charge < -0.3 is 9.80 Å². The summed E-state index contributed by atoms with van der Waals surface area (Å²) in [6.45, 7) is 11.3. The third-order valence-electron chi connectivity index (χ3n) is 6.23. The fourth-order valence-electron chi connectivity index (χ4n) is 4.47. The number of amides is 1. The van der Waals surface area contributed by atoms with Crippen molar-refractivity contribution in [3.8, 4) is 0 Å². The summed E-state index contributed by atoms with van der Waals surface area (Å²) in [5.74, 6) is -0.202. The summed E-state index contributed by atoms with van der Waals surface area (Å²) in [4.78, 5) is 29.9. The van der Waals surface area contributed by atoms with Gasteiger partial charge in [-0.15, -0.1) is 0 Å². The Bertz CT molecular complexity index is 667. The van der Waals surface area contributed by atoms with Crippen molar-refractivity contribution >= 4 is 11.7 Å². The number of hydrogen-bond donors (Lipinski definition) is 0. The maximum absolute atomic E-state index is 12.8. The van der Waals surface area contributed by atoms with Gasteiger partial charge in [-0.25, -0.2) is 0 Å². The van der Waals surface area contributed by atoms with Crippen LogP contribution in [0.3, 0.4) is 0 Å². The molecule has 2 saturated heterocycles.